The molecule has 2 N–H and O–H groups in total. The van der Waals surface area contributed by atoms with Crippen LogP contribution < -0.4 is 15.0 Å². The number of ether oxygens (including phenoxy) is 1. The van der Waals surface area contributed by atoms with E-state index >= 15 is 0 Å². The monoisotopic (exact) mass is 558 g/mol. The molecule has 0 radical (unpaired) electrons. The van der Waals surface area contributed by atoms with Gasteiger partial charge in [0, 0.05) is 21.3 Å². The standard InChI is InChI=1S/C24H16BrFN2O4S2/c1-32-19-12-15(25)9-14(21(19)29)11-20-23(31)28(24(33)34-20)18-4-2-3-13(10-18)22(30)27-17-7-5-16(26)6-8-17/h2-12,29H,1H3,(H,27,30)/b20-11+. The van der Waals surface area contributed by atoms with Crippen molar-refractivity contribution in [3.8, 4) is 11.5 Å². The number of aromatic hydroxyl groups is 1. The van der Waals surface area contributed by atoms with E-state index in [1.165, 1.54) is 42.4 Å². The number of phenols is 1. The first-order valence-electron chi connectivity index (χ1n) is 9.78. The van der Waals surface area contributed by atoms with Crippen molar-refractivity contribution < 1.29 is 23.8 Å². The van der Waals surface area contributed by atoms with E-state index < -0.39 is 11.7 Å². The van der Waals surface area contributed by atoms with Crippen LogP contribution in [-0.2, 0) is 4.79 Å². The van der Waals surface area contributed by atoms with E-state index in [0.29, 0.717) is 31.9 Å². The Morgan fingerprint density at radius 3 is 2.65 bits per heavy atom. The summed E-state index contributed by atoms with van der Waals surface area (Å²) in [6.45, 7) is 0. The lowest BCUT2D eigenvalue weighted by Crippen LogP contribution is -2.27. The number of benzene rings is 3. The van der Waals surface area contributed by atoms with Crippen LogP contribution in [0.3, 0.4) is 0 Å². The summed E-state index contributed by atoms with van der Waals surface area (Å²) in [5.74, 6) is -1.05. The van der Waals surface area contributed by atoms with Crippen molar-refractivity contribution in [1.82, 2.24) is 0 Å². The van der Waals surface area contributed by atoms with Gasteiger partial charge in [-0.05, 0) is 60.7 Å². The number of amides is 2. The number of anilines is 2. The van der Waals surface area contributed by atoms with Gasteiger partial charge in [-0.1, -0.05) is 46.0 Å². The van der Waals surface area contributed by atoms with Crippen LogP contribution in [0.5, 0.6) is 11.5 Å². The number of carbonyl (C=O) groups is 2. The normalized spacial score (nSPS) is 14.6. The van der Waals surface area contributed by atoms with Crippen LogP contribution in [0.15, 0.2) is 70.0 Å². The summed E-state index contributed by atoms with van der Waals surface area (Å²) in [6.07, 6.45) is 1.53. The molecule has 0 aromatic heterocycles. The van der Waals surface area contributed by atoms with Crippen molar-refractivity contribution >= 4 is 73.5 Å². The van der Waals surface area contributed by atoms with E-state index in [-0.39, 0.29) is 21.7 Å². The maximum atomic E-state index is 13.2. The highest BCUT2D eigenvalue weighted by atomic mass is 79.9. The molecule has 0 aliphatic carbocycles. The average molecular weight is 559 g/mol. The van der Waals surface area contributed by atoms with Gasteiger partial charge in [0.15, 0.2) is 15.8 Å². The summed E-state index contributed by atoms with van der Waals surface area (Å²) >= 11 is 9.86. The first-order chi connectivity index (χ1) is 16.3. The Bertz CT molecular complexity index is 1350. The minimum Gasteiger partial charge on any atom is -0.504 e. The molecule has 10 heteroatoms. The molecule has 2 amide bonds. The molecule has 1 heterocycles. The van der Waals surface area contributed by atoms with Gasteiger partial charge in [-0.3, -0.25) is 14.5 Å². The van der Waals surface area contributed by atoms with Gasteiger partial charge >= 0.3 is 0 Å². The summed E-state index contributed by atoms with van der Waals surface area (Å²) in [5, 5.41) is 13.1. The van der Waals surface area contributed by atoms with Gasteiger partial charge in [-0.25, -0.2) is 4.39 Å². The lowest BCUT2D eigenvalue weighted by atomic mass is 10.1. The smallest absolute Gasteiger partial charge is 0.270 e. The second-order valence-electron chi connectivity index (χ2n) is 7.07. The molecule has 172 valence electrons. The fourth-order valence-corrected chi connectivity index (χ4v) is 4.96. The molecule has 34 heavy (non-hydrogen) atoms. The third-order valence-corrected chi connectivity index (χ3v) is 6.60. The summed E-state index contributed by atoms with van der Waals surface area (Å²) in [5.41, 5.74) is 1.55. The van der Waals surface area contributed by atoms with Gasteiger partial charge < -0.3 is 15.2 Å². The number of nitrogens with one attached hydrogen (secondary N) is 1. The zero-order valence-corrected chi connectivity index (χ0v) is 20.8. The Kier molecular flexibility index (Phi) is 7.01. The fraction of sp³-hybridized carbons (Fsp3) is 0.0417. The van der Waals surface area contributed by atoms with Gasteiger partial charge in [0.1, 0.15) is 5.82 Å². The van der Waals surface area contributed by atoms with Crippen molar-refractivity contribution in [2.45, 2.75) is 0 Å². The van der Waals surface area contributed by atoms with E-state index in [4.69, 9.17) is 17.0 Å². The van der Waals surface area contributed by atoms with Crippen molar-refractivity contribution in [2.24, 2.45) is 0 Å². The summed E-state index contributed by atoms with van der Waals surface area (Å²) in [4.78, 5) is 27.5. The molecule has 4 rings (SSSR count). The topological polar surface area (TPSA) is 78.9 Å². The van der Waals surface area contributed by atoms with Crippen molar-refractivity contribution in [3.05, 3.63) is 87.0 Å². The van der Waals surface area contributed by atoms with Crippen LogP contribution in [0.4, 0.5) is 15.8 Å². The zero-order valence-electron chi connectivity index (χ0n) is 17.5. The summed E-state index contributed by atoms with van der Waals surface area (Å²) in [6, 6.07) is 15.1. The molecule has 1 saturated heterocycles. The average Bonchev–Trinajstić information content (AvgIpc) is 3.10. The van der Waals surface area contributed by atoms with Crippen LogP contribution in [-0.4, -0.2) is 28.4 Å². The van der Waals surface area contributed by atoms with Crippen LogP contribution >= 0.6 is 39.9 Å². The molecule has 1 aliphatic rings. The van der Waals surface area contributed by atoms with E-state index in [1.54, 1.807) is 36.4 Å². The minimum absolute atomic E-state index is 0.101. The number of thiocarbonyl (C=S) groups is 1. The van der Waals surface area contributed by atoms with Gasteiger partial charge in [-0.2, -0.15) is 0 Å². The molecule has 0 saturated carbocycles. The number of hydrogen-bond donors (Lipinski definition) is 2. The Labute approximate surface area is 212 Å². The van der Waals surface area contributed by atoms with Gasteiger partial charge in [-0.15, -0.1) is 0 Å². The Morgan fingerprint density at radius 2 is 1.94 bits per heavy atom. The van der Waals surface area contributed by atoms with Gasteiger partial charge in [0.25, 0.3) is 11.8 Å². The molecule has 1 aliphatic heterocycles. The second-order valence-corrected chi connectivity index (χ2v) is 9.67. The van der Waals surface area contributed by atoms with Gasteiger partial charge in [0.2, 0.25) is 0 Å². The van der Waals surface area contributed by atoms with E-state index in [2.05, 4.69) is 21.2 Å². The predicted octanol–water partition coefficient (Wildman–Crippen LogP) is 5.96. The molecular formula is C24H16BrFN2O4S2. The molecule has 0 unspecified atom stereocenters. The highest BCUT2D eigenvalue weighted by Crippen LogP contribution is 2.40. The molecule has 0 atom stereocenters. The largest absolute Gasteiger partial charge is 0.504 e. The van der Waals surface area contributed by atoms with Crippen molar-refractivity contribution in [1.29, 1.82) is 0 Å². The quantitative estimate of drug-likeness (QED) is 0.297. The number of thioether (sulfide) groups is 1. The Morgan fingerprint density at radius 1 is 1.21 bits per heavy atom. The highest BCUT2D eigenvalue weighted by Gasteiger charge is 2.34. The SMILES string of the molecule is COc1cc(Br)cc(/C=C2/SC(=S)N(c3cccc(C(=O)Nc4ccc(F)cc4)c3)C2=O)c1O. The highest BCUT2D eigenvalue weighted by molar-refractivity contribution is 9.10. The lowest BCUT2D eigenvalue weighted by Gasteiger charge is -2.15. The first kappa shape index (κ1) is 23.9. The number of phenolic OH excluding ortho intramolecular Hbond substituents is 1. The number of halogens is 2. The second kappa shape index (κ2) is 9.96. The van der Waals surface area contributed by atoms with Crippen LogP contribution in [0.2, 0.25) is 0 Å². The zero-order chi connectivity index (χ0) is 24.4. The van der Waals surface area contributed by atoms with Crippen LogP contribution in [0.25, 0.3) is 6.08 Å². The third kappa shape index (κ3) is 4.98. The Balaban J connectivity index is 1.60. The third-order valence-electron chi connectivity index (χ3n) is 4.84. The maximum absolute atomic E-state index is 13.2. The first-order valence-corrected chi connectivity index (χ1v) is 11.8. The Hall–Kier alpha value is -3.21. The van der Waals surface area contributed by atoms with Crippen LogP contribution in [0.1, 0.15) is 15.9 Å². The van der Waals surface area contributed by atoms with Gasteiger partial charge in [0.05, 0.1) is 17.7 Å². The molecule has 1 fully saturated rings. The van der Waals surface area contributed by atoms with Crippen molar-refractivity contribution in [3.63, 3.8) is 0 Å². The maximum Gasteiger partial charge on any atom is 0.270 e. The predicted molar refractivity (Wildman–Crippen MR) is 139 cm³/mol. The molecule has 3 aromatic rings. The number of hydrogen-bond acceptors (Lipinski definition) is 6. The van der Waals surface area contributed by atoms with E-state index in [9.17, 15) is 19.1 Å². The molecule has 0 bridgehead atoms. The lowest BCUT2D eigenvalue weighted by molar-refractivity contribution is -0.113. The fourth-order valence-electron chi connectivity index (χ4n) is 3.21. The molecule has 6 nitrogen and oxygen atoms in total. The summed E-state index contributed by atoms with van der Waals surface area (Å²) in [7, 11) is 1.43. The van der Waals surface area contributed by atoms with Crippen molar-refractivity contribution in [2.75, 3.05) is 17.3 Å². The minimum atomic E-state index is -0.416. The van der Waals surface area contributed by atoms with E-state index in [1.807, 2.05) is 0 Å². The van der Waals surface area contributed by atoms with E-state index in [0.717, 1.165) is 11.8 Å². The number of carbonyl (C=O) groups excluding carboxylic acids is 2. The molecular weight excluding hydrogens is 543 g/mol. The molecule has 3 aromatic carbocycles. The number of nitrogens with zero attached hydrogens (tertiary/aromatic N) is 1. The summed E-state index contributed by atoms with van der Waals surface area (Å²) < 4.78 is 19.2. The van der Waals surface area contributed by atoms with Crippen LogP contribution in [0, 0.1) is 5.82 Å². The number of rotatable bonds is 5. The molecule has 0 spiro atoms. The number of methoxy groups -OCH3 is 1.